The number of carbonyl (C=O) groups excluding carboxylic acids is 2. The molecule has 1 aromatic heterocycles. The van der Waals surface area contributed by atoms with E-state index in [2.05, 4.69) is 17.2 Å². The first-order valence-corrected chi connectivity index (χ1v) is 14.7. The molecule has 3 rings (SSSR count). The first-order chi connectivity index (χ1) is 18.1. The van der Waals surface area contributed by atoms with E-state index in [9.17, 15) is 9.59 Å². The Morgan fingerprint density at radius 2 is 1.32 bits per heavy atom. The van der Waals surface area contributed by atoms with Crippen LogP contribution in [-0.4, -0.2) is 16.7 Å². The van der Waals surface area contributed by atoms with Crippen molar-refractivity contribution in [1.29, 1.82) is 0 Å². The molecule has 3 aromatic rings. The Bertz CT molecular complexity index is 1110. The number of benzene rings is 2. The minimum atomic E-state index is -0.153. The molecule has 4 nitrogen and oxygen atoms in total. The summed E-state index contributed by atoms with van der Waals surface area (Å²) >= 11 is 6.16. The van der Waals surface area contributed by atoms with Gasteiger partial charge in [-0.1, -0.05) is 132 Å². The molecule has 0 aliphatic rings. The molecule has 200 valence electrons. The van der Waals surface area contributed by atoms with E-state index < -0.39 is 0 Å². The number of halogens is 1. The van der Waals surface area contributed by atoms with Crippen LogP contribution in [0.15, 0.2) is 48.5 Å². The number of amides is 1. The van der Waals surface area contributed by atoms with Crippen LogP contribution >= 0.6 is 11.6 Å². The van der Waals surface area contributed by atoms with Gasteiger partial charge in [-0.05, 0) is 24.6 Å². The second-order valence-corrected chi connectivity index (χ2v) is 10.6. The number of ketones is 1. The monoisotopic (exact) mass is 522 g/mol. The summed E-state index contributed by atoms with van der Waals surface area (Å²) in [6, 6.07) is 14.5. The third-order valence-corrected chi connectivity index (χ3v) is 7.28. The van der Waals surface area contributed by atoms with Crippen LogP contribution in [0.4, 0.5) is 5.69 Å². The number of unbranched alkanes of at least 4 members (excludes halogenated alkanes) is 13. The van der Waals surface area contributed by atoms with Gasteiger partial charge in [-0.2, -0.15) is 0 Å². The highest BCUT2D eigenvalue weighted by Crippen LogP contribution is 2.31. The molecular formula is C32H43ClN2O2. The number of rotatable bonds is 18. The van der Waals surface area contributed by atoms with Crippen LogP contribution < -0.4 is 5.32 Å². The molecule has 0 unspecified atom stereocenters. The Kier molecular flexibility index (Phi) is 12.8. The highest BCUT2D eigenvalue weighted by atomic mass is 35.5. The fourth-order valence-electron chi connectivity index (χ4n) is 4.89. The summed E-state index contributed by atoms with van der Waals surface area (Å²) < 4.78 is 0. The summed E-state index contributed by atoms with van der Waals surface area (Å²) in [7, 11) is 0. The summed E-state index contributed by atoms with van der Waals surface area (Å²) in [4.78, 5) is 29.2. The Hall–Kier alpha value is -2.59. The van der Waals surface area contributed by atoms with Gasteiger partial charge in [0, 0.05) is 27.9 Å². The molecule has 0 fully saturated rings. The van der Waals surface area contributed by atoms with Crippen molar-refractivity contribution in [2.75, 3.05) is 5.32 Å². The lowest BCUT2D eigenvalue weighted by Crippen LogP contribution is -2.14. The summed E-state index contributed by atoms with van der Waals surface area (Å²) in [5.41, 5.74) is 2.23. The van der Waals surface area contributed by atoms with E-state index in [0.717, 1.165) is 23.7 Å². The maximum Gasteiger partial charge on any atom is 0.224 e. The number of anilines is 1. The summed E-state index contributed by atoms with van der Waals surface area (Å²) in [6.07, 6.45) is 18.5. The maximum atomic E-state index is 13.2. The van der Waals surface area contributed by atoms with Crippen molar-refractivity contribution in [1.82, 2.24) is 4.98 Å². The van der Waals surface area contributed by atoms with E-state index in [1.807, 2.05) is 24.3 Å². The highest BCUT2D eigenvalue weighted by Gasteiger charge is 2.21. The van der Waals surface area contributed by atoms with Gasteiger partial charge in [-0.25, -0.2) is 0 Å². The zero-order valence-corrected chi connectivity index (χ0v) is 23.2. The van der Waals surface area contributed by atoms with E-state index in [-0.39, 0.29) is 11.7 Å². The average Bonchev–Trinajstić information content (AvgIpc) is 3.25. The Morgan fingerprint density at radius 1 is 0.757 bits per heavy atom. The average molecular weight is 523 g/mol. The summed E-state index contributed by atoms with van der Waals surface area (Å²) in [5.74, 6) is -0.211. The number of H-pyrrole nitrogens is 1. The molecule has 0 radical (unpaired) electrons. The third kappa shape index (κ3) is 9.66. The zero-order valence-electron chi connectivity index (χ0n) is 22.4. The zero-order chi connectivity index (χ0) is 26.3. The molecule has 37 heavy (non-hydrogen) atoms. The molecule has 0 saturated heterocycles. The lowest BCUT2D eigenvalue weighted by atomic mass is 10.0. The Morgan fingerprint density at radius 3 is 1.92 bits per heavy atom. The van der Waals surface area contributed by atoms with Gasteiger partial charge in [0.2, 0.25) is 11.7 Å². The fraction of sp³-hybridized carbons (Fsp3) is 0.500. The second-order valence-electron chi connectivity index (χ2n) is 10.2. The van der Waals surface area contributed by atoms with Crippen LogP contribution in [0.25, 0.3) is 10.9 Å². The first kappa shape index (κ1) is 29.0. The molecule has 1 heterocycles. The van der Waals surface area contributed by atoms with Crippen LogP contribution in [0.3, 0.4) is 0 Å². The molecule has 5 heteroatoms. The quantitative estimate of drug-likeness (QED) is 0.129. The van der Waals surface area contributed by atoms with Crippen molar-refractivity contribution < 1.29 is 9.59 Å². The first-order valence-electron chi connectivity index (χ1n) is 14.3. The van der Waals surface area contributed by atoms with E-state index in [1.54, 1.807) is 24.3 Å². The molecule has 2 aromatic carbocycles. The molecule has 0 atom stereocenters. The number of nitrogens with one attached hydrogen (secondary N) is 2. The van der Waals surface area contributed by atoms with Crippen molar-refractivity contribution in [3.05, 3.63) is 64.8 Å². The van der Waals surface area contributed by atoms with Crippen LogP contribution in [0.5, 0.6) is 0 Å². The molecule has 0 aliphatic carbocycles. The van der Waals surface area contributed by atoms with Crippen LogP contribution in [0.2, 0.25) is 5.02 Å². The normalized spacial score (nSPS) is 11.2. The number of hydrogen-bond acceptors (Lipinski definition) is 2. The third-order valence-electron chi connectivity index (χ3n) is 7.05. The highest BCUT2D eigenvalue weighted by molar-refractivity contribution is 6.31. The second kappa shape index (κ2) is 16.3. The van der Waals surface area contributed by atoms with Crippen molar-refractivity contribution in [2.24, 2.45) is 0 Å². The molecule has 0 saturated carbocycles. The van der Waals surface area contributed by atoms with Gasteiger partial charge in [0.25, 0.3) is 0 Å². The smallest absolute Gasteiger partial charge is 0.224 e. The molecule has 1 amide bonds. The SMILES string of the molecule is CCCCCCCCCCCCCCCCC(=O)Nc1c(C(=O)c2ccccc2)[nH]c2cc(Cl)ccc12. The topological polar surface area (TPSA) is 62.0 Å². The van der Waals surface area contributed by atoms with E-state index in [0.29, 0.717) is 28.4 Å². The largest absolute Gasteiger partial charge is 0.350 e. The van der Waals surface area contributed by atoms with Gasteiger partial charge in [0.1, 0.15) is 5.69 Å². The number of fused-ring (bicyclic) bond motifs is 1. The molecule has 2 N–H and O–H groups in total. The molecule has 0 bridgehead atoms. The van der Waals surface area contributed by atoms with Gasteiger partial charge in [-0.15, -0.1) is 0 Å². The Labute approximate surface area is 227 Å². The standard InChI is InChI=1S/C32H43ClN2O2/c1-2-3-4-5-6-7-8-9-10-11-12-13-14-18-21-29(36)35-30-27-23-22-26(33)24-28(27)34-31(30)32(37)25-19-16-15-17-20-25/h15-17,19-20,22-24,34H,2-14,18,21H2,1H3,(H,35,36). The van der Waals surface area contributed by atoms with Crippen molar-refractivity contribution in [3.63, 3.8) is 0 Å². The lowest BCUT2D eigenvalue weighted by molar-refractivity contribution is -0.116. The van der Waals surface area contributed by atoms with E-state index in [4.69, 9.17) is 11.6 Å². The van der Waals surface area contributed by atoms with E-state index in [1.165, 1.54) is 77.0 Å². The summed E-state index contributed by atoms with van der Waals surface area (Å²) in [6.45, 7) is 2.27. The van der Waals surface area contributed by atoms with Gasteiger partial charge < -0.3 is 10.3 Å². The fourth-order valence-corrected chi connectivity index (χ4v) is 5.06. The van der Waals surface area contributed by atoms with Gasteiger partial charge in [-0.3, -0.25) is 9.59 Å². The number of aromatic amines is 1. The minimum Gasteiger partial charge on any atom is -0.350 e. The molecular weight excluding hydrogens is 480 g/mol. The van der Waals surface area contributed by atoms with Gasteiger partial charge in [0.05, 0.1) is 5.69 Å². The van der Waals surface area contributed by atoms with Crippen LogP contribution in [0, 0.1) is 0 Å². The summed E-state index contributed by atoms with van der Waals surface area (Å²) in [5, 5.41) is 4.38. The predicted octanol–water partition coefficient (Wildman–Crippen LogP) is 9.86. The lowest BCUT2D eigenvalue weighted by Gasteiger charge is -2.08. The van der Waals surface area contributed by atoms with Crippen molar-refractivity contribution in [2.45, 2.75) is 103 Å². The van der Waals surface area contributed by atoms with Crippen molar-refractivity contribution in [3.8, 4) is 0 Å². The van der Waals surface area contributed by atoms with Gasteiger partial charge in [0.15, 0.2) is 0 Å². The molecule has 0 spiro atoms. The number of aromatic nitrogens is 1. The number of hydrogen-bond donors (Lipinski definition) is 2. The minimum absolute atomic E-state index is 0.0584. The predicted molar refractivity (Wildman–Crippen MR) is 157 cm³/mol. The van der Waals surface area contributed by atoms with Crippen LogP contribution in [-0.2, 0) is 4.79 Å². The number of carbonyl (C=O) groups is 2. The van der Waals surface area contributed by atoms with E-state index >= 15 is 0 Å². The van der Waals surface area contributed by atoms with Crippen molar-refractivity contribution >= 4 is 39.9 Å². The maximum absolute atomic E-state index is 13.2. The Balaban J connectivity index is 1.39. The molecule has 0 aliphatic heterocycles. The van der Waals surface area contributed by atoms with Gasteiger partial charge >= 0.3 is 0 Å². The van der Waals surface area contributed by atoms with Crippen LogP contribution in [0.1, 0.15) is 119 Å².